The van der Waals surface area contributed by atoms with Gasteiger partial charge in [0, 0.05) is 18.1 Å². The minimum Gasteiger partial charge on any atom is -0.486 e. The molecule has 0 bridgehead atoms. The Morgan fingerprint density at radius 2 is 1.89 bits per heavy atom. The quantitative estimate of drug-likeness (QED) is 0.896. The third-order valence-corrected chi connectivity index (χ3v) is 3.68. The van der Waals surface area contributed by atoms with Gasteiger partial charge in [-0.15, -0.1) is 0 Å². The number of hydrogen-bond donors (Lipinski definition) is 1. The maximum atomic E-state index is 11.9. The summed E-state index contributed by atoms with van der Waals surface area (Å²) in [6.07, 6.45) is 3.06. The molecule has 1 fully saturated rings. The van der Waals surface area contributed by atoms with E-state index >= 15 is 0 Å². The van der Waals surface area contributed by atoms with Gasteiger partial charge in [0.1, 0.15) is 13.2 Å². The molecule has 18 heavy (non-hydrogen) atoms. The van der Waals surface area contributed by atoms with E-state index in [2.05, 4.69) is 5.32 Å². The lowest BCUT2D eigenvalue weighted by Crippen LogP contribution is -2.28. The molecule has 0 spiro atoms. The molecule has 3 rings (SSSR count). The Kier molecular flexibility index (Phi) is 3.04. The molecule has 1 amide bonds. The maximum absolute atomic E-state index is 11.9. The largest absolute Gasteiger partial charge is 0.486 e. The van der Waals surface area contributed by atoms with Crippen molar-refractivity contribution in [3.8, 4) is 11.5 Å². The first-order valence-corrected chi connectivity index (χ1v) is 6.52. The number of benzene rings is 1. The van der Waals surface area contributed by atoms with Gasteiger partial charge in [-0.05, 0) is 12.8 Å². The van der Waals surface area contributed by atoms with Crippen molar-refractivity contribution in [2.45, 2.75) is 19.3 Å². The summed E-state index contributed by atoms with van der Waals surface area (Å²) in [7, 11) is 0. The number of hydrogen-bond acceptors (Lipinski definition) is 3. The van der Waals surface area contributed by atoms with Crippen LogP contribution in [0, 0.1) is 5.92 Å². The first kappa shape index (κ1) is 11.7. The Balaban J connectivity index is 1.80. The Morgan fingerprint density at radius 3 is 2.50 bits per heavy atom. The zero-order valence-electron chi connectivity index (χ0n) is 9.87. The molecule has 4 nitrogen and oxygen atoms in total. The van der Waals surface area contributed by atoms with Gasteiger partial charge in [0.25, 0.3) is 0 Å². The number of anilines is 1. The van der Waals surface area contributed by atoms with E-state index in [1.54, 1.807) is 12.1 Å². The number of nitrogens with one attached hydrogen (secondary N) is 1. The van der Waals surface area contributed by atoms with Crippen molar-refractivity contribution in [2.24, 2.45) is 5.92 Å². The molecule has 0 saturated heterocycles. The smallest absolute Gasteiger partial charge is 0.227 e. The average Bonchev–Trinajstić information content (AvgIpc) is 2.27. The summed E-state index contributed by atoms with van der Waals surface area (Å²) >= 11 is 6.12. The Morgan fingerprint density at radius 1 is 1.22 bits per heavy atom. The predicted molar refractivity (Wildman–Crippen MR) is 68.4 cm³/mol. The molecule has 0 radical (unpaired) electrons. The van der Waals surface area contributed by atoms with Crippen molar-refractivity contribution in [1.29, 1.82) is 0 Å². The average molecular weight is 268 g/mol. The highest BCUT2D eigenvalue weighted by atomic mass is 35.5. The second-order valence-electron chi connectivity index (χ2n) is 4.59. The summed E-state index contributed by atoms with van der Waals surface area (Å²) in [4.78, 5) is 11.9. The third kappa shape index (κ3) is 2.12. The van der Waals surface area contributed by atoms with Crippen molar-refractivity contribution < 1.29 is 14.3 Å². The molecule has 1 aromatic rings. The van der Waals surface area contributed by atoms with Gasteiger partial charge >= 0.3 is 0 Å². The molecule has 1 heterocycles. The van der Waals surface area contributed by atoms with E-state index < -0.39 is 0 Å². The van der Waals surface area contributed by atoms with Crippen LogP contribution in [0.1, 0.15) is 19.3 Å². The van der Waals surface area contributed by atoms with Crippen molar-refractivity contribution in [3.63, 3.8) is 0 Å². The number of amides is 1. The molecule has 0 unspecified atom stereocenters. The number of carbonyl (C=O) groups is 1. The molecule has 1 N–H and O–H groups in total. The number of rotatable bonds is 2. The van der Waals surface area contributed by atoms with E-state index in [0.717, 1.165) is 19.3 Å². The highest BCUT2D eigenvalue weighted by molar-refractivity contribution is 6.34. The second kappa shape index (κ2) is 4.69. The Labute approximate surface area is 110 Å². The van der Waals surface area contributed by atoms with Gasteiger partial charge in [-0.2, -0.15) is 0 Å². The van der Waals surface area contributed by atoms with E-state index in [-0.39, 0.29) is 11.8 Å². The number of fused-ring (bicyclic) bond motifs is 1. The zero-order valence-corrected chi connectivity index (χ0v) is 10.6. The standard InChI is InChI=1S/C13H14ClNO3/c14-9-6-11-12(18-5-4-17-11)7-10(9)15-13(16)8-2-1-3-8/h6-8H,1-5H2,(H,15,16). The topological polar surface area (TPSA) is 47.6 Å². The van der Waals surface area contributed by atoms with Crippen molar-refractivity contribution in [1.82, 2.24) is 0 Å². The van der Waals surface area contributed by atoms with Crippen LogP contribution in [0.2, 0.25) is 5.02 Å². The summed E-state index contributed by atoms with van der Waals surface area (Å²) in [5, 5.41) is 3.33. The minimum atomic E-state index is 0.0415. The summed E-state index contributed by atoms with van der Waals surface area (Å²) < 4.78 is 10.9. The monoisotopic (exact) mass is 267 g/mol. The van der Waals surface area contributed by atoms with Crippen LogP contribution < -0.4 is 14.8 Å². The van der Waals surface area contributed by atoms with Gasteiger partial charge in [0.15, 0.2) is 11.5 Å². The minimum absolute atomic E-state index is 0.0415. The van der Waals surface area contributed by atoms with Gasteiger partial charge in [0.05, 0.1) is 10.7 Å². The normalized spacial score (nSPS) is 18.1. The van der Waals surface area contributed by atoms with Crippen LogP contribution >= 0.6 is 11.6 Å². The molecule has 1 saturated carbocycles. The van der Waals surface area contributed by atoms with Gasteiger partial charge in [0.2, 0.25) is 5.91 Å². The molecule has 1 aliphatic heterocycles. The lowest BCUT2D eigenvalue weighted by Gasteiger charge is -2.25. The molecule has 0 aromatic heterocycles. The summed E-state index contributed by atoms with van der Waals surface area (Å²) in [6, 6.07) is 3.42. The molecular formula is C13H14ClNO3. The van der Waals surface area contributed by atoms with Crippen LogP contribution in [-0.2, 0) is 4.79 Å². The summed E-state index contributed by atoms with van der Waals surface area (Å²) in [5.41, 5.74) is 0.595. The van der Waals surface area contributed by atoms with Crippen LogP contribution in [0.4, 0.5) is 5.69 Å². The molecule has 1 aliphatic carbocycles. The molecule has 2 aliphatic rings. The molecule has 1 aromatic carbocycles. The zero-order chi connectivity index (χ0) is 12.5. The van der Waals surface area contributed by atoms with Crippen LogP contribution in [0.5, 0.6) is 11.5 Å². The van der Waals surface area contributed by atoms with Gasteiger partial charge in [-0.1, -0.05) is 18.0 Å². The number of ether oxygens (including phenoxy) is 2. The first-order valence-electron chi connectivity index (χ1n) is 6.14. The maximum Gasteiger partial charge on any atom is 0.227 e. The highest BCUT2D eigenvalue weighted by Gasteiger charge is 2.26. The number of carbonyl (C=O) groups excluding carboxylic acids is 1. The second-order valence-corrected chi connectivity index (χ2v) is 5.00. The fraction of sp³-hybridized carbons (Fsp3) is 0.462. The fourth-order valence-corrected chi connectivity index (χ4v) is 2.27. The van der Waals surface area contributed by atoms with E-state index in [1.807, 2.05) is 0 Å². The Hall–Kier alpha value is -1.42. The van der Waals surface area contributed by atoms with E-state index in [0.29, 0.717) is 35.4 Å². The van der Waals surface area contributed by atoms with Crippen LogP contribution in [-0.4, -0.2) is 19.1 Å². The SMILES string of the molecule is O=C(Nc1cc2c(cc1Cl)OCCO2)C1CCC1. The lowest BCUT2D eigenvalue weighted by atomic mass is 9.85. The van der Waals surface area contributed by atoms with Crippen LogP contribution in [0.15, 0.2) is 12.1 Å². The summed E-state index contributed by atoms with van der Waals surface area (Å²) in [5.74, 6) is 1.44. The molecule has 5 heteroatoms. The highest BCUT2D eigenvalue weighted by Crippen LogP contribution is 2.38. The fourth-order valence-electron chi connectivity index (χ4n) is 2.07. The molecule has 96 valence electrons. The third-order valence-electron chi connectivity index (χ3n) is 3.37. The van der Waals surface area contributed by atoms with Gasteiger partial charge in [-0.25, -0.2) is 0 Å². The molecule has 0 atom stereocenters. The summed E-state index contributed by atoms with van der Waals surface area (Å²) in [6.45, 7) is 1.04. The van der Waals surface area contributed by atoms with Gasteiger partial charge < -0.3 is 14.8 Å². The van der Waals surface area contributed by atoms with Crippen molar-refractivity contribution in [3.05, 3.63) is 17.2 Å². The lowest BCUT2D eigenvalue weighted by molar-refractivity contribution is -0.122. The van der Waals surface area contributed by atoms with Crippen molar-refractivity contribution in [2.75, 3.05) is 18.5 Å². The Bertz CT molecular complexity index is 485. The van der Waals surface area contributed by atoms with E-state index in [4.69, 9.17) is 21.1 Å². The van der Waals surface area contributed by atoms with E-state index in [1.165, 1.54) is 0 Å². The predicted octanol–water partition coefficient (Wildman–Crippen LogP) is 2.85. The van der Waals surface area contributed by atoms with Gasteiger partial charge in [-0.3, -0.25) is 4.79 Å². The van der Waals surface area contributed by atoms with E-state index in [9.17, 15) is 4.79 Å². The molecular weight excluding hydrogens is 254 g/mol. The van der Waals surface area contributed by atoms with Crippen LogP contribution in [0.25, 0.3) is 0 Å². The van der Waals surface area contributed by atoms with Crippen molar-refractivity contribution >= 4 is 23.2 Å². The number of halogens is 1. The van der Waals surface area contributed by atoms with Crippen LogP contribution in [0.3, 0.4) is 0 Å². The first-order chi connectivity index (χ1) is 8.74.